The number of nitriles is 1. The van der Waals surface area contributed by atoms with Crippen LogP contribution in [0, 0.1) is 17.2 Å². The van der Waals surface area contributed by atoms with E-state index in [-0.39, 0.29) is 5.92 Å². The maximum absolute atomic E-state index is 9.61. The molecule has 0 aromatic rings. The second kappa shape index (κ2) is 2.57. The number of rotatable bonds is 1. The summed E-state index contributed by atoms with van der Waals surface area (Å²) in [6.45, 7) is 2.60. The molecule has 0 saturated carbocycles. The summed E-state index contributed by atoms with van der Waals surface area (Å²) in [7, 11) is 0. The van der Waals surface area contributed by atoms with Gasteiger partial charge < -0.3 is 9.84 Å². The molecule has 0 bridgehead atoms. The van der Waals surface area contributed by atoms with E-state index in [1.165, 1.54) is 0 Å². The molecule has 1 heterocycles. The Hall–Kier alpha value is -0.590. The molecular formula is C7H11NO2. The lowest BCUT2D eigenvalue weighted by molar-refractivity contribution is -0.000827. The van der Waals surface area contributed by atoms with Crippen molar-refractivity contribution in [1.82, 2.24) is 0 Å². The first-order chi connectivity index (χ1) is 4.69. The van der Waals surface area contributed by atoms with Gasteiger partial charge in [0.15, 0.2) is 0 Å². The van der Waals surface area contributed by atoms with Crippen molar-refractivity contribution in [3.8, 4) is 6.07 Å². The molecule has 0 radical (unpaired) electrons. The van der Waals surface area contributed by atoms with Crippen molar-refractivity contribution in [2.24, 2.45) is 5.92 Å². The van der Waals surface area contributed by atoms with Crippen LogP contribution in [-0.2, 0) is 4.74 Å². The van der Waals surface area contributed by atoms with Crippen LogP contribution in [0.15, 0.2) is 0 Å². The molecule has 2 unspecified atom stereocenters. The van der Waals surface area contributed by atoms with Crippen LogP contribution in [0.2, 0.25) is 0 Å². The van der Waals surface area contributed by atoms with Gasteiger partial charge in [-0.05, 0) is 6.92 Å². The van der Waals surface area contributed by atoms with Gasteiger partial charge in [-0.2, -0.15) is 5.26 Å². The van der Waals surface area contributed by atoms with Crippen molar-refractivity contribution in [3.63, 3.8) is 0 Å². The highest BCUT2D eigenvalue weighted by molar-refractivity contribution is 4.98. The summed E-state index contributed by atoms with van der Waals surface area (Å²) in [6, 6.07) is 2.02. The van der Waals surface area contributed by atoms with Crippen LogP contribution in [0.5, 0.6) is 0 Å². The van der Waals surface area contributed by atoms with Crippen LogP contribution in [0.4, 0.5) is 0 Å². The third kappa shape index (κ3) is 1.13. The Morgan fingerprint density at radius 2 is 2.50 bits per heavy atom. The van der Waals surface area contributed by atoms with Crippen LogP contribution >= 0.6 is 0 Å². The zero-order valence-corrected chi connectivity index (χ0v) is 6.00. The van der Waals surface area contributed by atoms with Crippen LogP contribution in [-0.4, -0.2) is 23.9 Å². The van der Waals surface area contributed by atoms with Gasteiger partial charge in [0.05, 0.1) is 18.6 Å². The maximum atomic E-state index is 9.61. The van der Waals surface area contributed by atoms with Gasteiger partial charge in [-0.1, -0.05) is 0 Å². The van der Waals surface area contributed by atoms with Crippen LogP contribution in [0.1, 0.15) is 13.3 Å². The summed E-state index contributed by atoms with van der Waals surface area (Å²) in [5.41, 5.74) is -0.880. The first-order valence-corrected chi connectivity index (χ1v) is 3.39. The fraction of sp³-hybridized carbons (Fsp3) is 0.857. The lowest BCUT2D eigenvalue weighted by Gasteiger charge is -2.22. The zero-order chi connectivity index (χ0) is 7.61. The monoisotopic (exact) mass is 141 g/mol. The quantitative estimate of drug-likeness (QED) is 0.571. The summed E-state index contributed by atoms with van der Waals surface area (Å²) >= 11 is 0. The van der Waals surface area contributed by atoms with E-state index in [2.05, 4.69) is 0 Å². The minimum atomic E-state index is -0.880. The van der Waals surface area contributed by atoms with E-state index in [4.69, 9.17) is 10.00 Å². The highest BCUT2D eigenvalue weighted by Gasteiger charge is 2.37. The predicted molar refractivity (Wildman–Crippen MR) is 35.2 cm³/mol. The molecule has 0 aromatic heterocycles. The predicted octanol–water partition coefficient (Wildman–Crippen LogP) is 0.297. The molecule has 1 aliphatic heterocycles. The van der Waals surface area contributed by atoms with E-state index in [0.29, 0.717) is 19.6 Å². The highest BCUT2D eigenvalue weighted by Crippen LogP contribution is 2.26. The van der Waals surface area contributed by atoms with Gasteiger partial charge in [-0.25, -0.2) is 0 Å². The Morgan fingerprint density at radius 1 is 1.80 bits per heavy atom. The Balaban J connectivity index is 2.60. The third-order valence-corrected chi connectivity index (χ3v) is 2.03. The first-order valence-electron chi connectivity index (χ1n) is 3.39. The minimum Gasteiger partial charge on any atom is -0.386 e. The van der Waals surface area contributed by atoms with E-state index in [9.17, 15) is 5.11 Å². The van der Waals surface area contributed by atoms with E-state index in [0.717, 1.165) is 0 Å². The van der Waals surface area contributed by atoms with Gasteiger partial charge in [0, 0.05) is 13.0 Å². The molecule has 0 spiro atoms. The number of hydrogen-bond acceptors (Lipinski definition) is 3. The van der Waals surface area contributed by atoms with Crippen molar-refractivity contribution in [3.05, 3.63) is 0 Å². The largest absolute Gasteiger partial charge is 0.386 e. The Bertz CT molecular complexity index is 155. The molecule has 1 fully saturated rings. The highest BCUT2D eigenvalue weighted by atomic mass is 16.5. The van der Waals surface area contributed by atoms with E-state index in [1.54, 1.807) is 6.92 Å². The topological polar surface area (TPSA) is 53.2 Å². The summed E-state index contributed by atoms with van der Waals surface area (Å²) in [4.78, 5) is 0. The van der Waals surface area contributed by atoms with Crippen molar-refractivity contribution in [2.75, 3.05) is 13.2 Å². The van der Waals surface area contributed by atoms with Gasteiger partial charge in [0.25, 0.3) is 0 Å². The molecule has 0 amide bonds. The maximum Gasteiger partial charge on any atom is 0.106 e. The molecule has 3 nitrogen and oxygen atoms in total. The fourth-order valence-electron chi connectivity index (χ4n) is 1.03. The van der Waals surface area contributed by atoms with E-state index < -0.39 is 5.60 Å². The first kappa shape index (κ1) is 7.52. The van der Waals surface area contributed by atoms with Crippen molar-refractivity contribution < 1.29 is 9.84 Å². The summed E-state index contributed by atoms with van der Waals surface area (Å²) in [5.74, 6) is -0.324. The fourth-order valence-corrected chi connectivity index (χ4v) is 1.03. The molecule has 1 rings (SSSR count). The SMILES string of the molecule is CC(C#N)C1(O)CCOC1. The molecule has 0 aromatic carbocycles. The standard InChI is InChI=1S/C7H11NO2/c1-6(4-8)7(9)2-3-10-5-7/h6,9H,2-3,5H2,1H3. The van der Waals surface area contributed by atoms with Gasteiger partial charge in [0.1, 0.15) is 5.60 Å². The molecule has 3 heteroatoms. The minimum absolute atomic E-state index is 0.307. The lowest BCUT2D eigenvalue weighted by atomic mass is 9.89. The molecule has 1 aliphatic rings. The van der Waals surface area contributed by atoms with Crippen molar-refractivity contribution in [1.29, 1.82) is 5.26 Å². The Kier molecular flexibility index (Phi) is 1.93. The average Bonchev–Trinajstić information content (AvgIpc) is 2.36. The Morgan fingerprint density at radius 3 is 2.90 bits per heavy atom. The van der Waals surface area contributed by atoms with Gasteiger partial charge in [0.2, 0.25) is 0 Å². The smallest absolute Gasteiger partial charge is 0.106 e. The average molecular weight is 141 g/mol. The van der Waals surface area contributed by atoms with Gasteiger partial charge in [-0.15, -0.1) is 0 Å². The number of aliphatic hydroxyl groups is 1. The summed E-state index contributed by atoms with van der Waals surface area (Å²) < 4.78 is 4.98. The molecule has 2 atom stereocenters. The van der Waals surface area contributed by atoms with E-state index in [1.807, 2.05) is 6.07 Å². The number of hydrogen-bond donors (Lipinski definition) is 1. The van der Waals surface area contributed by atoms with Gasteiger partial charge in [-0.3, -0.25) is 0 Å². The molecule has 10 heavy (non-hydrogen) atoms. The molecule has 1 saturated heterocycles. The number of nitrogens with zero attached hydrogens (tertiary/aromatic N) is 1. The van der Waals surface area contributed by atoms with Crippen LogP contribution < -0.4 is 0 Å². The normalized spacial score (nSPS) is 35.3. The van der Waals surface area contributed by atoms with E-state index >= 15 is 0 Å². The zero-order valence-electron chi connectivity index (χ0n) is 6.00. The van der Waals surface area contributed by atoms with Crippen LogP contribution in [0.25, 0.3) is 0 Å². The second-order valence-electron chi connectivity index (χ2n) is 2.76. The van der Waals surface area contributed by atoms with Gasteiger partial charge >= 0.3 is 0 Å². The molecule has 0 aliphatic carbocycles. The second-order valence-corrected chi connectivity index (χ2v) is 2.76. The Labute approximate surface area is 60.2 Å². The lowest BCUT2D eigenvalue weighted by Crippen LogP contribution is -2.35. The third-order valence-electron chi connectivity index (χ3n) is 2.03. The van der Waals surface area contributed by atoms with Crippen LogP contribution in [0.3, 0.4) is 0 Å². The molecule has 1 N–H and O–H groups in total. The summed E-state index contributed by atoms with van der Waals surface area (Å²) in [6.07, 6.45) is 0.585. The van der Waals surface area contributed by atoms with Crippen molar-refractivity contribution in [2.45, 2.75) is 18.9 Å². The summed E-state index contributed by atoms with van der Waals surface area (Å²) in [5, 5.41) is 18.1. The number of ether oxygens (including phenoxy) is 1. The molecule has 56 valence electrons. The van der Waals surface area contributed by atoms with Crippen molar-refractivity contribution >= 4 is 0 Å². The molecular weight excluding hydrogens is 130 g/mol.